The van der Waals surface area contributed by atoms with Gasteiger partial charge in [0, 0.05) is 12.4 Å². The predicted molar refractivity (Wildman–Crippen MR) is 79.5 cm³/mol. The van der Waals surface area contributed by atoms with Crippen molar-refractivity contribution in [2.45, 2.75) is 50.5 Å². The van der Waals surface area contributed by atoms with E-state index in [1.165, 1.54) is 18.4 Å². The molecule has 0 radical (unpaired) electrons. The Kier molecular flexibility index (Phi) is 6.52. The Hall–Kier alpha value is -0.0631. The zero-order valence-corrected chi connectivity index (χ0v) is 13.4. The van der Waals surface area contributed by atoms with Crippen LogP contribution in [0.15, 0.2) is 17.6 Å². The lowest BCUT2D eigenvalue weighted by molar-refractivity contribution is 0.779. The fraction of sp³-hybridized carbons (Fsp3) is 0.667. The Morgan fingerprint density at radius 1 is 1.29 bits per heavy atom. The van der Waals surface area contributed by atoms with Gasteiger partial charge < -0.3 is 0 Å². The van der Waals surface area contributed by atoms with Gasteiger partial charge in [0.05, 0.1) is 0 Å². The minimum Gasteiger partial charge on any atom is -0.231 e. The number of thioether (sulfide) groups is 1. The number of aromatic nitrogens is 2. The van der Waals surface area contributed by atoms with Crippen molar-refractivity contribution in [1.82, 2.24) is 9.97 Å². The van der Waals surface area contributed by atoms with Gasteiger partial charge in [-0.2, -0.15) is 11.1 Å². The molecule has 0 aliphatic carbocycles. The Labute approximate surface area is 114 Å². The molecule has 1 aromatic heterocycles. The third-order valence-corrected chi connectivity index (χ3v) is 5.67. The molecule has 0 fully saturated rings. The highest BCUT2D eigenvalue weighted by molar-refractivity contribution is 7.99. The van der Waals surface area contributed by atoms with E-state index in [1.807, 2.05) is 12.4 Å². The predicted octanol–water partition coefficient (Wildman–Crippen LogP) is 4.36. The lowest BCUT2D eigenvalue weighted by Gasteiger charge is -2.11. The molecule has 0 spiro atoms. The molecule has 1 aromatic rings. The van der Waals surface area contributed by atoms with Crippen LogP contribution in [0.1, 0.15) is 25.3 Å². The average Bonchev–Trinajstić information content (AvgIpc) is 2.26. The summed E-state index contributed by atoms with van der Waals surface area (Å²) in [5, 5.41) is 0.875. The molecular weight excluding hydrogens is 268 g/mol. The summed E-state index contributed by atoms with van der Waals surface area (Å²) in [5.74, 6) is 1.02. The Morgan fingerprint density at radius 3 is 2.47 bits per heavy atom. The van der Waals surface area contributed by atoms with E-state index in [2.05, 4.69) is 30.0 Å². The molecule has 1 rings (SSSR count). The van der Waals surface area contributed by atoms with E-state index >= 15 is 0 Å². The molecule has 0 aliphatic rings. The molecular formula is C12H21ClN2SSi. The van der Waals surface area contributed by atoms with Crippen LogP contribution in [0, 0.1) is 0 Å². The summed E-state index contributed by atoms with van der Waals surface area (Å²) < 4.78 is 0. The lowest BCUT2D eigenvalue weighted by Crippen LogP contribution is -2.16. The van der Waals surface area contributed by atoms with Gasteiger partial charge in [-0.1, -0.05) is 38.2 Å². The first-order valence-electron chi connectivity index (χ1n) is 6.14. The van der Waals surface area contributed by atoms with Gasteiger partial charge >= 0.3 is 0 Å². The smallest absolute Gasteiger partial charge is 0.187 e. The summed E-state index contributed by atoms with van der Waals surface area (Å²) in [4.78, 5) is 8.75. The van der Waals surface area contributed by atoms with E-state index in [0.29, 0.717) is 0 Å². The third-order valence-electron chi connectivity index (χ3n) is 2.43. The average molecular weight is 289 g/mol. The summed E-state index contributed by atoms with van der Waals surface area (Å²) in [6.45, 7) is 6.54. The van der Waals surface area contributed by atoms with Crippen LogP contribution in [0.5, 0.6) is 0 Å². The molecule has 0 aromatic carbocycles. The number of unbranched alkanes of at least 4 members (excludes halogenated alkanes) is 1. The number of halogens is 1. The molecule has 96 valence electrons. The van der Waals surface area contributed by atoms with E-state index < -0.39 is 7.38 Å². The Balaban J connectivity index is 2.35. The first-order valence-corrected chi connectivity index (χ1v) is 11.3. The van der Waals surface area contributed by atoms with Gasteiger partial charge in [0.2, 0.25) is 0 Å². The normalized spacial score (nSPS) is 11.8. The van der Waals surface area contributed by atoms with Crippen LogP contribution in [0.3, 0.4) is 0 Å². The van der Waals surface area contributed by atoms with Crippen LogP contribution in [0.25, 0.3) is 0 Å². The standard InChI is InChI=1S/C12H21ClN2SSi/c1-4-5-6-11-9-14-12(15-10-11)16-7-8-17(2,3)13/h9-10H,4-8H2,1-3H3. The van der Waals surface area contributed by atoms with Gasteiger partial charge in [-0.3, -0.25) is 0 Å². The van der Waals surface area contributed by atoms with Gasteiger partial charge in [-0.15, -0.1) is 0 Å². The van der Waals surface area contributed by atoms with Gasteiger partial charge in [0.15, 0.2) is 12.5 Å². The molecule has 0 saturated heterocycles. The first-order chi connectivity index (χ1) is 8.01. The maximum absolute atomic E-state index is 6.27. The second-order valence-corrected chi connectivity index (χ2v) is 12.9. The summed E-state index contributed by atoms with van der Waals surface area (Å²) in [6, 6.07) is 1.10. The number of nitrogens with zero attached hydrogens (tertiary/aromatic N) is 2. The maximum Gasteiger partial charge on any atom is 0.187 e. The van der Waals surface area contributed by atoms with Crippen molar-refractivity contribution in [2.75, 3.05) is 5.75 Å². The summed E-state index contributed by atoms with van der Waals surface area (Å²) in [7, 11) is -1.44. The minimum atomic E-state index is -1.44. The molecule has 17 heavy (non-hydrogen) atoms. The van der Waals surface area contributed by atoms with Crippen molar-refractivity contribution in [3.63, 3.8) is 0 Å². The van der Waals surface area contributed by atoms with Gasteiger partial charge in [-0.05, 0) is 30.2 Å². The fourth-order valence-corrected chi connectivity index (χ4v) is 4.79. The van der Waals surface area contributed by atoms with E-state index in [-0.39, 0.29) is 0 Å². The van der Waals surface area contributed by atoms with E-state index in [0.717, 1.165) is 23.4 Å². The van der Waals surface area contributed by atoms with Crippen molar-refractivity contribution >= 4 is 30.2 Å². The van der Waals surface area contributed by atoms with E-state index in [9.17, 15) is 0 Å². The SMILES string of the molecule is CCCCc1cnc(SCC[Si](C)(C)Cl)nc1. The van der Waals surface area contributed by atoms with Crippen molar-refractivity contribution in [1.29, 1.82) is 0 Å². The highest BCUT2D eigenvalue weighted by atomic mass is 35.6. The highest BCUT2D eigenvalue weighted by Gasteiger charge is 2.16. The minimum absolute atomic E-state index is 0.875. The molecule has 0 aliphatic heterocycles. The zero-order valence-electron chi connectivity index (χ0n) is 10.9. The van der Waals surface area contributed by atoms with Crippen LogP contribution in [-0.4, -0.2) is 23.1 Å². The molecule has 0 saturated carbocycles. The van der Waals surface area contributed by atoms with Crippen LogP contribution in [0.2, 0.25) is 19.1 Å². The molecule has 5 heteroatoms. The van der Waals surface area contributed by atoms with Crippen LogP contribution < -0.4 is 0 Å². The van der Waals surface area contributed by atoms with Crippen LogP contribution in [-0.2, 0) is 6.42 Å². The molecule has 0 bridgehead atoms. The molecule has 0 amide bonds. The Bertz CT molecular complexity index is 324. The number of hydrogen-bond acceptors (Lipinski definition) is 3. The molecule has 1 heterocycles. The first kappa shape index (κ1) is 15.0. The number of aryl methyl sites for hydroxylation is 1. The number of rotatable bonds is 7. The second kappa shape index (κ2) is 7.39. The van der Waals surface area contributed by atoms with Crippen molar-refractivity contribution < 1.29 is 0 Å². The van der Waals surface area contributed by atoms with E-state index in [1.54, 1.807) is 11.8 Å². The van der Waals surface area contributed by atoms with Crippen molar-refractivity contribution in [3.8, 4) is 0 Å². The van der Waals surface area contributed by atoms with Crippen LogP contribution in [0.4, 0.5) is 0 Å². The highest BCUT2D eigenvalue weighted by Crippen LogP contribution is 2.21. The molecule has 0 N–H and O–H groups in total. The summed E-state index contributed by atoms with van der Waals surface area (Å²) >= 11 is 7.97. The number of hydrogen-bond donors (Lipinski definition) is 0. The molecule has 0 unspecified atom stereocenters. The maximum atomic E-state index is 6.27. The zero-order chi connectivity index (χ0) is 12.7. The topological polar surface area (TPSA) is 25.8 Å². The third kappa shape index (κ3) is 7.06. The van der Waals surface area contributed by atoms with Gasteiger partial charge in [0.25, 0.3) is 0 Å². The molecule has 0 atom stereocenters. The van der Waals surface area contributed by atoms with Gasteiger partial charge in [-0.25, -0.2) is 9.97 Å². The quantitative estimate of drug-likeness (QED) is 0.323. The molecule has 2 nitrogen and oxygen atoms in total. The van der Waals surface area contributed by atoms with Crippen molar-refractivity contribution in [2.24, 2.45) is 0 Å². The monoisotopic (exact) mass is 288 g/mol. The lowest BCUT2D eigenvalue weighted by atomic mass is 10.2. The van der Waals surface area contributed by atoms with Crippen LogP contribution >= 0.6 is 22.8 Å². The van der Waals surface area contributed by atoms with E-state index in [4.69, 9.17) is 11.1 Å². The van der Waals surface area contributed by atoms with Gasteiger partial charge in [0.1, 0.15) is 0 Å². The summed E-state index contributed by atoms with van der Waals surface area (Å²) in [6.07, 6.45) is 7.42. The second-order valence-electron chi connectivity index (χ2n) is 4.79. The largest absolute Gasteiger partial charge is 0.231 e. The Morgan fingerprint density at radius 2 is 1.94 bits per heavy atom. The van der Waals surface area contributed by atoms with Crippen molar-refractivity contribution in [3.05, 3.63) is 18.0 Å². The summed E-state index contributed by atoms with van der Waals surface area (Å²) in [5.41, 5.74) is 1.24. The fourth-order valence-electron chi connectivity index (χ4n) is 1.31.